The number of rotatable bonds is 8. The number of aliphatic hydroxyl groups is 1. The lowest BCUT2D eigenvalue weighted by Gasteiger charge is -2.30. The van der Waals surface area contributed by atoms with Gasteiger partial charge in [-0.1, -0.05) is 62.9 Å². The van der Waals surface area contributed by atoms with Crippen molar-refractivity contribution in [2.75, 3.05) is 6.54 Å². The smallest absolute Gasteiger partial charge is 0.290 e. The van der Waals surface area contributed by atoms with Crippen molar-refractivity contribution in [1.29, 1.82) is 0 Å². The third-order valence-electron chi connectivity index (χ3n) is 5.07. The third-order valence-corrected chi connectivity index (χ3v) is 5.07. The number of Topliss-reactive ketones (excluding diaryl/α,β-unsaturated/α-hetero) is 1. The fourth-order valence-corrected chi connectivity index (χ4v) is 3.49. The van der Waals surface area contributed by atoms with E-state index in [4.69, 9.17) is 0 Å². The van der Waals surface area contributed by atoms with E-state index in [1.807, 2.05) is 31.2 Å². The average Bonchev–Trinajstić information content (AvgIpc) is 2.84. The van der Waals surface area contributed by atoms with Crippen LogP contribution in [0.3, 0.4) is 0 Å². The van der Waals surface area contributed by atoms with Crippen LogP contribution >= 0.6 is 0 Å². The van der Waals surface area contributed by atoms with Gasteiger partial charge in [-0.25, -0.2) is 0 Å². The number of aliphatic hydroxyl groups excluding tert-OH is 1. The Morgan fingerprint density at radius 1 is 1.24 bits per heavy atom. The lowest BCUT2D eigenvalue weighted by Crippen LogP contribution is -2.35. The van der Waals surface area contributed by atoms with Gasteiger partial charge < -0.3 is 10.0 Å². The summed E-state index contributed by atoms with van der Waals surface area (Å²) in [4.78, 5) is 26.5. The zero-order chi connectivity index (χ0) is 18.6. The zero-order valence-electron chi connectivity index (χ0n) is 15.7. The molecule has 1 aliphatic heterocycles. The van der Waals surface area contributed by atoms with Crippen LogP contribution < -0.4 is 0 Å². The predicted octanol–water partition coefficient (Wildman–Crippen LogP) is 4.50. The van der Waals surface area contributed by atoms with Gasteiger partial charge in [0.15, 0.2) is 11.5 Å². The van der Waals surface area contributed by atoms with Gasteiger partial charge in [-0.05, 0) is 31.7 Å². The van der Waals surface area contributed by atoms with Gasteiger partial charge >= 0.3 is 0 Å². The molecule has 0 unspecified atom stereocenters. The van der Waals surface area contributed by atoms with Crippen molar-refractivity contribution in [3.63, 3.8) is 0 Å². The van der Waals surface area contributed by atoms with Crippen LogP contribution in [0.2, 0.25) is 0 Å². The summed E-state index contributed by atoms with van der Waals surface area (Å²) in [5.41, 5.74) is 2.21. The molecule has 4 nitrogen and oxygen atoms in total. The first-order valence-electron chi connectivity index (χ1n) is 9.22. The molecule has 0 aliphatic carbocycles. The molecule has 0 spiro atoms. The van der Waals surface area contributed by atoms with Crippen LogP contribution in [0.5, 0.6) is 0 Å². The molecule has 0 fully saturated rings. The summed E-state index contributed by atoms with van der Waals surface area (Å²) in [6, 6.07) is 7.34. The van der Waals surface area contributed by atoms with Crippen molar-refractivity contribution >= 4 is 11.7 Å². The molecule has 0 saturated heterocycles. The minimum Gasteiger partial charge on any atom is -0.503 e. The van der Waals surface area contributed by atoms with Gasteiger partial charge in [0.05, 0.1) is 11.6 Å². The van der Waals surface area contributed by atoms with Crippen LogP contribution in [-0.4, -0.2) is 28.2 Å². The number of aryl methyl sites for hydroxylation is 1. The fourth-order valence-electron chi connectivity index (χ4n) is 3.49. The van der Waals surface area contributed by atoms with Gasteiger partial charge in [0, 0.05) is 6.54 Å². The van der Waals surface area contributed by atoms with Gasteiger partial charge in [-0.3, -0.25) is 9.59 Å². The first kappa shape index (κ1) is 19.2. The highest BCUT2D eigenvalue weighted by Gasteiger charge is 2.42. The molecule has 136 valence electrons. The van der Waals surface area contributed by atoms with Gasteiger partial charge in [0.2, 0.25) is 0 Å². The fraction of sp³-hybridized carbons (Fsp3) is 0.524. The van der Waals surface area contributed by atoms with E-state index in [0.717, 1.165) is 36.8 Å². The summed E-state index contributed by atoms with van der Waals surface area (Å²) in [6.45, 7) is 8.26. The van der Waals surface area contributed by atoms with Crippen molar-refractivity contribution in [2.24, 2.45) is 5.92 Å². The van der Waals surface area contributed by atoms with E-state index in [1.54, 1.807) is 4.90 Å². The monoisotopic (exact) mass is 343 g/mol. The maximum atomic E-state index is 12.7. The van der Waals surface area contributed by atoms with Crippen LogP contribution in [0.25, 0.3) is 0 Å². The lowest BCUT2D eigenvalue weighted by molar-refractivity contribution is -0.130. The molecule has 1 N–H and O–H groups in total. The number of nitrogens with zero attached hydrogens (tertiary/aromatic N) is 1. The molecule has 1 heterocycles. The molecular weight excluding hydrogens is 314 g/mol. The maximum Gasteiger partial charge on any atom is 0.290 e. The SMILES string of the molecule is CCCC[C@H](CC)CN1C(=O)C(O)=C(C(C)=O)[C@H]1c1ccc(C)cc1. The standard InChI is InChI=1S/C21H29NO3/c1-5-7-8-16(6-2)13-22-19(17-11-9-14(3)10-12-17)18(15(4)23)20(24)21(22)25/h9-12,16,19,24H,5-8,13H2,1-4H3/t16-,19+/m0/s1. The lowest BCUT2D eigenvalue weighted by atomic mass is 9.94. The molecule has 1 amide bonds. The number of benzene rings is 1. The van der Waals surface area contributed by atoms with Crippen molar-refractivity contribution in [3.05, 3.63) is 46.7 Å². The summed E-state index contributed by atoms with van der Waals surface area (Å²) in [6.07, 6.45) is 4.26. The molecule has 25 heavy (non-hydrogen) atoms. The Morgan fingerprint density at radius 2 is 1.88 bits per heavy atom. The van der Waals surface area contributed by atoms with E-state index in [9.17, 15) is 14.7 Å². The molecule has 0 bridgehead atoms. The van der Waals surface area contributed by atoms with Crippen LogP contribution in [-0.2, 0) is 9.59 Å². The summed E-state index contributed by atoms with van der Waals surface area (Å²) in [5.74, 6) is -0.689. The Bertz CT molecular complexity index is 660. The third kappa shape index (κ3) is 4.12. The van der Waals surface area contributed by atoms with Crippen LogP contribution in [0, 0.1) is 12.8 Å². The Kier molecular flexibility index (Phi) is 6.40. The van der Waals surface area contributed by atoms with Crippen LogP contribution in [0.15, 0.2) is 35.6 Å². The van der Waals surface area contributed by atoms with E-state index in [1.165, 1.54) is 6.92 Å². The summed E-state index contributed by atoms with van der Waals surface area (Å²) < 4.78 is 0. The largest absolute Gasteiger partial charge is 0.503 e. The molecule has 0 radical (unpaired) electrons. The first-order chi connectivity index (χ1) is 11.9. The molecule has 0 aromatic heterocycles. The number of carbonyl (C=O) groups excluding carboxylic acids is 2. The topological polar surface area (TPSA) is 57.6 Å². The zero-order valence-corrected chi connectivity index (χ0v) is 15.7. The Morgan fingerprint density at radius 3 is 2.40 bits per heavy atom. The van der Waals surface area contributed by atoms with Crippen molar-refractivity contribution in [2.45, 2.75) is 59.4 Å². The van der Waals surface area contributed by atoms with Crippen LogP contribution in [0.1, 0.15) is 63.6 Å². The van der Waals surface area contributed by atoms with Crippen molar-refractivity contribution in [1.82, 2.24) is 4.90 Å². The Balaban J connectivity index is 2.37. The van der Waals surface area contributed by atoms with E-state index < -0.39 is 11.9 Å². The molecular formula is C21H29NO3. The normalized spacial score (nSPS) is 18.8. The van der Waals surface area contributed by atoms with Crippen molar-refractivity contribution in [3.8, 4) is 0 Å². The van der Waals surface area contributed by atoms with Gasteiger partial charge in [0.25, 0.3) is 5.91 Å². The quantitative estimate of drug-likeness (QED) is 0.756. The summed E-state index contributed by atoms with van der Waals surface area (Å²) in [7, 11) is 0. The Labute approximate surface area is 150 Å². The second-order valence-corrected chi connectivity index (χ2v) is 7.01. The summed E-state index contributed by atoms with van der Waals surface area (Å²) in [5, 5.41) is 10.3. The molecule has 1 aliphatic rings. The minimum atomic E-state index is -0.485. The maximum absolute atomic E-state index is 12.7. The number of unbranched alkanes of at least 4 members (excludes halogenated alkanes) is 1. The van der Waals surface area contributed by atoms with E-state index >= 15 is 0 Å². The molecule has 0 saturated carbocycles. The highest BCUT2D eigenvalue weighted by atomic mass is 16.3. The van der Waals surface area contributed by atoms with Crippen LogP contribution in [0.4, 0.5) is 0 Å². The number of hydrogen-bond donors (Lipinski definition) is 1. The van der Waals surface area contributed by atoms with E-state index in [0.29, 0.717) is 12.5 Å². The van der Waals surface area contributed by atoms with E-state index in [-0.39, 0.29) is 17.1 Å². The predicted molar refractivity (Wildman–Crippen MR) is 99.3 cm³/mol. The number of amides is 1. The second kappa shape index (κ2) is 8.32. The second-order valence-electron chi connectivity index (χ2n) is 7.01. The molecule has 1 aromatic rings. The highest BCUT2D eigenvalue weighted by Crippen LogP contribution is 2.38. The Hall–Kier alpha value is -2.10. The van der Waals surface area contributed by atoms with Gasteiger partial charge in [0.1, 0.15) is 0 Å². The van der Waals surface area contributed by atoms with Gasteiger partial charge in [-0.2, -0.15) is 0 Å². The molecule has 2 atom stereocenters. The average molecular weight is 343 g/mol. The minimum absolute atomic E-state index is 0.221. The summed E-state index contributed by atoms with van der Waals surface area (Å²) >= 11 is 0. The van der Waals surface area contributed by atoms with Crippen molar-refractivity contribution < 1.29 is 14.7 Å². The first-order valence-corrected chi connectivity index (χ1v) is 9.22. The van der Waals surface area contributed by atoms with Gasteiger partial charge in [-0.15, -0.1) is 0 Å². The number of ketones is 1. The molecule has 4 heteroatoms. The van der Waals surface area contributed by atoms with E-state index in [2.05, 4.69) is 13.8 Å². The highest BCUT2D eigenvalue weighted by molar-refractivity contribution is 6.08. The number of hydrogen-bond acceptors (Lipinski definition) is 3. The molecule has 2 rings (SSSR count). The number of carbonyl (C=O) groups is 2. The molecule has 1 aromatic carbocycles.